The van der Waals surface area contributed by atoms with E-state index in [1.165, 1.54) is 0 Å². The zero-order valence-corrected chi connectivity index (χ0v) is 13.0. The summed E-state index contributed by atoms with van der Waals surface area (Å²) in [5.41, 5.74) is 2.27. The van der Waals surface area contributed by atoms with Crippen LogP contribution in [-0.2, 0) is 0 Å². The first-order chi connectivity index (χ1) is 10.2. The highest BCUT2D eigenvalue weighted by molar-refractivity contribution is 5.42. The van der Waals surface area contributed by atoms with Gasteiger partial charge in [-0.05, 0) is 31.5 Å². The molecule has 4 heteroatoms. The molecular formula is C17H22N2O2. The monoisotopic (exact) mass is 286 g/mol. The van der Waals surface area contributed by atoms with Crippen molar-refractivity contribution in [2.24, 2.45) is 0 Å². The number of rotatable bonds is 6. The Labute approximate surface area is 126 Å². The Kier molecular flexibility index (Phi) is 5.17. The Morgan fingerprint density at radius 3 is 2.48 bits per heavy atom. The Hall–Kier alpha value is -2.07. The largest absolute Gasteiger partial charge is 0.497 e. The van der Waals surface area contributed by atoms with Gasteiger partial charge >= 0.3 is 0 Å². The number of aromatic nitrogens is 1. The summed E-state index contributed by atoms with van der Waals surface area (Å²) in [5.74, 6) is 1.62. The Balaban J connectivity index is 2.14. The van der Waals surface area contributed by atoms with Gasteiger partial charge in [-0.1, -0.05) is 12.1 Å². The first kappa shape index (κ1) is 15.3. The topological polar surface area (TPSA) is 43.4 Å². The number of nitrogens with zero attached hydrogens (tertiary/aromatic N) is 1. The third-order valence-corrected chi connectivity index (χ3v) is 3.59. The van der Waals surface area contributed by atoms with E-state index in [1.807, 2.05) is 30.5 Å². The number of hydrogen-bond donors (Lipinski definition) is 1. The van der Waals surface area contributed by atoms with Crippen molar-refractivity contribution in [3.05, 3.63) is 53.9 Å². The lowest BCUT2D eigenvalue weighted by molar-refractivity contribution is 0.383. The van der Waals surface area contributed by atoms with Gasteiger partial charge in [-0.15, -0.1) is 0 Å². The molecule has 0 aliphatic carbocycles. The summed E-state index contributed by atoms with van der Waals surface area (Å²) in [7, 11) is 3.33. The summed E-state index contributed by atoms with van der Waals surface area (Å²) in [5, 5.41) is 3.56. The molecule has 0 fully saturated rings. The normalized spacial score (nSPS) is 13.5. The lowest BCUT2D eigenvalue weighted by Crippen LogP contribution is -2.23. The average molecular weight is 286 g/mol. The van der Waals surface area contributed by atoms with Gasteiger partial charge in [0, 0.05) is 36.1 Å². The molecule has 0 aliphatic rings. The molecule has 2 aromatic rings. The van der Waals surface area contributed by atoms with Crippen molar-refractivity contribution in [3.8, 4) is 11.5 Å². The molecule has 0 amide bonds. The molecule has 0 aliphatic heterocycles. The van der Waals surface area contributed by atoms with E-state index in [0.29, 0.717) is 0 Å². The van der Waals surface area contributed by atoms with Crippen LogP contribution in [0.3, 0.4) is 0 Å². The van der Waals surface area contributed by atoms with Gasteiger partial charge in [0.05, 0.1) is 14.2 Å². The molecule has 2 atom stereocenters. The van der Waals surface area contributed by atoms with Crippen LogP contribution in [0.4, 0.5) is 0 Å². The van der Waals surface area contributed by atoms with Crippen LogP contribution in [0, 0.1) is 0 Å². The SMILES string of the molecule is COc1ccc(C(C)N[C@@H](C)c2cccnc2)c(OC)c1. The fourth-order valence-corrected chi connectivity index (χ4v) is 2.37. The van der Waals surface area contributed by atoms with Crippen molar-refractivity contribution >= 4 is 0 Å². The Morgan fingerprint density at radius 1 is 1.05 bits per heavy atom. The van der Waals surface area contributed by atoms with E-state index in [1.54, 1.807) is 20.4 Å². The maximum atomic E-state index is 5.46. The van der Waals surface area contributed by atoms with Gasteiger partial charge in [-0.3, -0.25) is 4.98 Å². The van der Waals surface area contributed by atoms with Crippen LogP contribution >= 0.6 is 0 Å². The van der Waals surface area contributed by atoms with Crippen LogP contribution < -0.4 is 14.8 Å². The van der Waals surface area contributed by atoms with E-state index in [-0.39, 0.29) is 12.1 Å². The highest BCUT2D eigenvalue weighted by Gasteiger charge is 2.15. The molecule has 2 rings (SSSR count). The summed E-state index contributed by atoms with van der Waals surface area (Å²) >= 11 is 0. The second-order valence-corrected chi connectivity index (χ2v) is 5.00. The van der Waals surface area contributed by atoms with E-state index in [4.69, 9.17) is 9.47 Å². The van der Waals surface area contributed by atoms with Crippen molar-refractivity contribution in [2.75, 3.05) is 14.2 Å². The number of pyridine rings is 1. The van der Waals surface area contributed by atoms with Gasteiger partial charge in [-0.2, -0.15) is 0 Å². The summed E-state index contributed by atoms with van der Waals surface area (Å²) in [6, 6.07) is 10.3. The van der Waals surface area contributed by atoms with Gasteiger partial charge in [-0.25, -0.2) is 0 Å². The standard InChI is InChI=1S/C17H22N2O2/c1-12(14-6-5-9-18-11-14)19-13(2)16-8-7-15(20-3)10-17(16)21-4/h5-13,19H,1-4H3/t12-,13?/m0/s1. The molecule has 0 radical (unpaired) electrons. The Morgan fingerprint density at radius 2 is 1.86 bits per heavy atom. The lowest BCUT2D eigenvalue weighted by atomic mass is 10.0. The first-order valence-electron chi connectivity index (χ1n) is 7.03. The molecule has 112 valence electrons. The maximum absolute atomic E-state index is 5.46. The van der Waals surface area contributed by atoms with E-state index in [0.717, 1.165) is 22.6 Å². The zero-order chi connectivity index (χ0) is 15.2. The van der Waals surface area contributed by atoms with E-state index in [9.17, 15) is 0 Å². The van der Waals surface area contributed by atoms with E-state index < -0.39 is 0 Å². The predicted molar refractivity (Wildman–Crippen MR) is 83.7 cm³/mol. The zero-order valence-electron chi connectivity index (χ0n) is 13.0. The minimum atomic E-state index is 0.154. The Bertz CT molecular complexity index is 572. The molecule has 1 heterocycles. The van der Waals surface area contributed by atoms with Crippen LogP contribution in [0.2, 0.25) is 0 Å². The molecule has 1 aromatic heterocycles. The van der Waals surface area contributed by atoms with Crippen LogP contribution in [0.5, 0.6) is 11.5 Å². The molecule has 0 saturated heterocycles. The molecular weight excluding hydrogens is 264 g/mol. The smallest absolute Gasteiger partial charge is 0.127 e. The number of hydrogen-bond acceptors (Lipinski definition) is 4. The predicted octanol–water partition coefficient (Wildman–Crippen LogP) is 3.51. The van der Waals surface area contributed by atoms with Crippen molar-refractivity contribution < 1.29 is 9.47 Å². The fraction of sp³-hybridized carbons (Fsp3) is 0.353. The first-order valence-corrected chi connectivity index (χ1v) is 7.03. The third kappa shape index (κ3) is 3.73. The van der Waals surface area contributed by atoms with E-state index >= 15 is 0 Å². The summed E-state index contributed by atoms with van der Waals surface area (Å²) in [4.78, 5) is 4.16. The van der Waals surface area contributed by atoms with Crippen molar-refractivity contribution in [1.82, 2.24) is 10.3 Å². The second kappa shape index (κ2) is 7.09. The number of ether oxygens (including phenoxy) is 2. The highest BCUT2D eigenvalue weighted by atomic mass is 16.5. The van der Waals surface area contributed by atoms with Crippen LogP contribution in [0.1, 0.15) is 37.1 Å². The number of benzene rings is 1. The average Bonchev–Trinajstić information content (AvgIpc) is 2.54. The van der Waals surface area contributed by atoms with Gasteiger partial charge in [0.2, 0.25) is 0 Å². The quantitative estimate of drug-likeness (QED) is 0.882. The lowest BCUT2D eigenvalue weighted by Gasteiger charge is -2.22. The van der Waals surface area contributed by atoms with Crippen molar-refractivity contribution in [1.29, 1.82) is 0 Å². The molecule has 0 spiro atoms. The van der Waals surface area contributed by atoms with Crippen molar-refractivity contribution in [3.63, 3.8) is 0 Å². The van der Waals surface area contributed by atoms with E-state index in [2.05, 4.69) is 30.2 Å². The van der Waals surface area contributed by atoms with Crippen LogP contribution in [0.15, 0.2) is 42.7 Å². The van der Waals surface area contributed by atoms with Gasteiger partial charge in [0.1, 0.15) is 11.5 Å². The summed E-state index contributed by atoms with van der Waals surface area (Å²) < 4.78 is 10.7. The van der Waals surface area contributed by atoms with Crippen molar-refractivity contribution in [2.45, 2.75) is 25.9 Å². The molecule has 21 heavy (non-hydrogen) atoms. The summed E-state index contributed by atoms with van der Waals surface area (Å²) in [6.45, 7) is 4.25. The van der Waals surface area contributed by atoms with Gasteiger partial charge in [0.15, 0.2) is 0 Å². The van der Waals surface area contributed by atoms with Crippen LogP contribution in [0.25, 0.3) is 0 Å². The highest BCUT2D eigenvalue weighted by Crippen LogP contribution is 2.30. The number of methoxy groups -OCH3 is 2. The second-order valence-electron chi connectivity index (χ2n) is 5.00. The maximum Gasteiger partial charge on any atom is 0.127 e. The molecule has 0 bridgehead atoms. The molecule has 0 saturated carbocycles. The number of nitrogens with one attached hydrogen (secondary N) is 1. The minimum Gasteiger partial charge on any atom is -0.497 e. The van der Waals surface area contributed by atoms with Crippen LogP contribution in [-0.4, -0.2) is 19.2 Å². The minimum absolute atomic E-state index is 0.154. The third-order valence-electron chi connectivity index (χ3n) is 3.59. The molecule has 1 aromatic carbocycles. The molecule has 4 nitrogen and oxygen atoms in total. The molecule has 1 unspecified atom stereocenters. The summed E-state index contributed by atoms with van der Waals surface area (Å²) in [6.07, 6.45) is 3.67. The van der Waals surface area contributed by atoms with Gasteiger partial charge < -0.3 is 14.8 Å². The molecule has 1 N–H and O–H groups in total. The fourth-order valence-electron chi connectivity index (χ4n) is 2.37. The van der Waals surface area contributed by atoms with Gasteiger partial charge in [0.25, 0.3) is 0 Å².